The molecule has 2 aromatic rings. The Kier molecular flexibility index (Phi) is 6.62. The van der Waals surface area contributed by atoms with Gasteiger partial charge in [0.25, 0.3) is 0 Å². The normalized spacial score (nSPS) is 21.1. The van der Waals surface area contributed by atoms with Crippen LogP contribution in [0.3, 0.4) is 0 Å². The Morgan fingerprint density at radius 2 is 1.90 bits per heavy atom. The summed E-state index contributed by atoms with van der Waals surface area (Å²) in [7, 11) is 0. The number of aromatic nitrogens is 2. The molecule has 1 atom stereocenters. The molecule has 1 amide bonds. The summed E-state index contributed by atoms with van der Waals surface area (Å²) in [5.41, 5.74) is 0.897. The molecule has 0 bridgehead atoms. The van der Waals surface area contributed by atoms with Crippen LogP contribution in [-0.2, 0) is 11.3 Å². The minimum atomic E-state index is 0.0655. The van der Waals surface area contributed by atoms with Crippen LogP contribution in [0.5, 0.6) is 0 Å². The summed E-state index contributed by atoms with van der Waals surface area (Å²) < 4.78 is 0. The van der Waals surface area contributed by atoms with Gasteiger partial charge in [-0.3, -0.25) is 14.7 Å². The van der Waals surface area contributed by atoms with Gasteiger partial charge in [-0.15, -0.1) is 0 Å². The minimum absolute atomic E-state index is 0.0655. The topological polar surface area (TPSA) is 61.4 Å². The predicted molar refractivity (Wildman–Crippen MR) is 115 cm³/mol. The molecule has 2 aromatic heterocycles. The van der Waals surface area contributed by atoms with E-state index in [4.69, 9.17) is 11.6 Å². The second kappa shape index (κ2) is 9.55. The zero-order valence-electron chi connectivity index (χ0n) is 16.6. The Morgan fingerprint density at radius 1 is 1.07 bits per heavy atom. The van der Waals surface area contributed by atoms with Gasteiger partial charge < -0.3 is 10.2 Å². The summed E-state index contributed by atoms with van der Waals surface area (Å²) >= 11 is 6.31. The molecule has 1 N–H and O–H groups in total. The van der Waals surface area contributed by atoms with Crippen molar-refractivity contribution in [1.82, 2.24) is 20.2 Å². The van der Waals surface area contributed by atoms with Crippen LogP contribution < -0.4 is 10.2 Å². The third-order valence-corrected chi connectivity index (χ3v) is 6.31. The van der Waals surface area contributed by atoms with E-state index in [-0.39, 0.29) is 11.8 Å². The molecule has 2 saturated heterocycles. The van der Waals surface area contributed by atoms with Gasteiger partial charge in [-0.05, 0) is 56.5 Å². The van der Waals surface area contributed by atoms with E-state index in [1.54, 1.807) is 12.4 Å². The average molecular weight is 414 g/mol. The standard InChI is InChI=1S/C22H28ClN5O/c23-20-7-3-11-25-21(20)27-13-8-19(9-14-27)28-12-4-5-17(16-28)22(29)26-15-18-6-1-2-10-24-18/h1-3,6-7,10-11,17,19H,4-5,8-9,12-16H2,(H,26,29)/t17-/m1/s1. The summed E-state index contributed by atoms with van der Waals surface area (Å²) in [5, 5.41) is 3.78. The number of anilines is 1. The lowest BCUT2D eigenvalue weighted by Crippen LogP contribution is -2.51. The van der Waals surface area contributed by atoms with Crippen molar-refractivity contribution in [2.24, 2.45) is 5.92 Å². The summed E-state index contributed by atoms with van der Waals surface area (Å²) in [5.74, 6) is 1.10. The number of carbonyl (C=O) groups excluding carboxylic acids is 1. The molecule has 154 valence electrons. The number of piperidine rings is 2. The van der Waals surface area contributed by atoms with Crippen LogP contribution in [0.15, 0.2) is 42.7 Å². The molecule has 0 unspecified atom stereocenters. The van der Waals surface area contributed by atoms with Gasteiger partial charge >= 0.3 is 0 Å². The number of nitrogens with one attached hydrogen (secondary N) is 1. The van der Waals surface area contributed by atoms with Crippen LogP contribution in [0.25, 0.3) is 0 Å². The van der Waals surface area contributed by atoms with E-state index < -0.39 is 0 Å². The highest BCUT2D eigenvalue weighted by Crippen LogP contribution is 2.28. The van der Waals surface area contributed by atoms with E-state index in [0.29, 0.717) is 17.6 Å². The lowest BCUT2D eigenvalue weighted by Gasteiger charge is -2.42. The van der Waals surface area contributed by atoms with Gasteiger partial charge in [0.2, 0.25) is 5.91 Å². The molecule has 0 aromatic carbocycles. The third-order valence-electron chi connectivity index (χ3n) is 6.01. The lowest BCUT2D eigenvalue weighted by atomic mass is 9.93. The molecule has 0 saturated carbocycles. The molecular formula is C22H28ClN5O. The first kappa shape index (κ1) is 20.1. The van der Waals surface area contributed by atoms with Crippen LogP contribution in [0.2, 0.25) is 5.02 Å². The number of hydrogen-bond acceptors (Lipinski definition) is 5. The summed E-state index contributed by atoms with van der Waals surface area (Å²) in [6.45, 7) is 4.34. The molecule has 6 nitrogen and oxygen atoms in total. The minimum Gasteiger partial charge on any atom is -0.355 e. The van der Waals surface area contributed by atoms with Crippen molar-refractivity contribution in [3.8, 4) is 0 Å². The summed E-state index contributed by atoms with van der Waals surface area (Å²) in [4.78, 5) is 26.2. The number of hydrogen-bond donors (Lipinski definition) is 1. The number of nitrogens with zero attached hydrogens (tertiary/aromatic N) is 4. The van der Waals surface area contributed by atoms with Crippen LogP contribution in [0, 0.1) is 5.92 Å². The van der Waals surface area contributed by atoms with Crippen LogP contribution >= 0.6 is 11.6 Å². The lowest BCUT2D eigenvalue weighted by molar-refractivity contribution is -0.127. The van der Waals surface area contributed by atoms with Crippen LogP contribution in [0.1, 0.15) is 31.4 Å². The molecule has 7 heteroatoms. The largest absolute Gasteiger partial charge is 0.355 e. The maximum atomic E-state index is 12.7. The van der Waals surface area contributed by atoms with Crippen molar-refractivity contribution < 1.29 is 4.79 Å². The van der Waals surface area contributed by atoms with Gasteiger partial charge in [0.1, 0.15) is 5.82 Å². The maximum absolute atomic E-state index is 12.7. The molecule has 29 heavy (non-hydrogen) atoms. The predicted octanol–water partition coefficient (Wildman–Crippen LogP) is 3.13. The maximum Gasteiger partial charge on any atom is 0.224 e. The highest BCUT2D eigenvalue weighted by atomic mass is 35.5. The Labute approximate surface area is 177 Å². The third kappa shape index (κ3) is 5.06. The Balaban J connectivity index is 1.28. The van der Waals surface area contributed by atoms with E-state index in [1.807, 2.05) is 30.3 Å². The summed E-state index contributed by atoms with van der Waals surface area (Å²) in [6, 6.07) is 10.1. The zero-order valence-corrected chi connectivity index (χ0v) is 17.4. The molecule has 0 aliphatic carbocycles. The van der Waals surface area contributed by atoms with E-state index in [2.05, 4.69) is 25.1 Å². The zero-order chi connectivity index (χ0) is 20.1. The molecule has 0 radical (unpaired) electrons. The number of carbonyl (C=O) groups is 1. The van der Waals surface area contributed by atoms with Crippen molar-refractivity contribution in [2.75, 3.05) is 31.1 Å². The average Bonchev–Trinajstić information content (AvgIpc) is 2.79. The van der Waals surface area contributed by atoms with E-state index in [9.17, 15) is 4.79 Å². The van der Waals surface area contributed by atoms with Crippen LogP contribution in [-0.4, -0.2) is 53.0 Å². The Morgan fingerprint density at radius 3 is 2.66 bits per heavy atom. The monoisotopic (exact) mass is 413 g/mol. The quantitative estimate of drug-likeness (QED) is 0.815. The molecule has 4 rings (SSSR count). The highest BCUT2D eigenvalue weighted by molar-refractivity contribution is 6.32. The molecule has 2 aliphatic heterocycles. The van der Waals surface area contributed by atoms with Crippen LogP contribution in [0.4, 0.5) is 5.82 Å². The number of amides is 1. The second-order valence-electron chi connectivity index (χ2n) is 7.90. The molecule has 2 aliphatic rings. The van der Waals surface area contributed by atoms with Gasteiger partial charge in [0.15, 0.2) is 0 Å². The number of rotatable bonds is 5. The summed E-state index contributed by atoms with van der Waals surface area (Å²) in [6.07, 6.45) is 7.76. The van der Waals surface area contributed by atoms with Gasteiger partial charge in [-0.2, -0.15) is 0 Å². The van der Waals surface area contributed by atoms with Crippen molar-refractivity contribution in [1.29, 1.82) is 0 Å². The fourth-order valence-electron chi connectivity index (χ4n) is 4.43. The second-order valence-corrected chi connectivity index (χ2v) is 8.31. The fourth-order valence-corrected chi connectivity index (χ4v) is 4.67. The number of halogens is 1. The molecular weight excluding hydrogens is 386 g/mol. The Bertz CT molecular complexity index is 810. The van der Waals surface area contributed by atoms with Crippen molar-refractivity contribution in [3.05, 3.63) is 53.4 Å². The van der Waals surface area contributed by atoms with E-state index in [1.165, 1.54) is 0 Å². The SMILES string of the molecule is O=C(NCc1ccccn1)[C@@H]1CCCN(C2CCN(c3ncccc3Cl)CC2)C1. The molecule has 0 spiro atoms. The molecule has 2 fully saturated rings. The number of pyridine rings is 2. The number of likely N-dealkylation sites (tertiary alicyclic amines) is 1. The first-order valence-electron chi connectivity index (χ1n) is 10.5. The first-order chi connectivity index (χ1) is 14.2. The fraction of sp³-hybridized carbons (Fsp3) is 0.500. The smallest absolute Gasteiger partial charge is 0.224 e. The Hall–Kier alpha value is -2.18. The van der Waals surface area contributed by atoms with Gasteiger partial charge in [-0.1, -0.05) is 17.7 Å². The first-order valence-corrected chi connectivity index (χ1v) is 10.9. The van der Waals surface area contributed by atoms with Gasteiger partial charge in [0.05, 0.1) is 23.2 Å². The van der Waals surface area contributed by atoms with Crippen molar-refractivity contribution in [3.63, 3.8) is 0 Å². The molecule has 4 heterocycles. The van der Waals surface area contributed by atoms with Crippen molar-refractivity contribution in [2.45, 2.75) is 38.3 Å². The van der Waals surface area contributed by atoms with Gasteiger partial charge in [0, 0.05) is 38.1 Å². The highest BCUT2D eigenvalue weighted by Gasteiger charge is 2.32. The van der Waals surface area contributed by atoms with Gasteiger partial charge in [-0.25, -0.2) is 4.98 Å². The van der Waals surface area contributed by atoms with Crippen molar-refractivity contribution >= 4 is 23.3 Å². The van der Waals surface area contributed by atoms with E-state index >= 15 is 0 Å². The van der Waals surface area contributed by atoms with E-state index in [0.717, 1.165) is 63.4 Å².